The highest BCUT2D eigenvalue weighted by Gasteiger charge is 2.01. The van der Waals surface area contributed by atoms with E-state index < -0.39 is 0 Å². The van der Waals surface area contributed by atoms with E-state index in [1.807, 2.05) is 23.1 Å². The third kappa shape index (κ3) is 3.87. The van der Waals surface area contributed by atoms with Crippen molar-refractivity contribution in [1.29, 1.82) is 0 Å². The Bertz CT molecular complexity index is 436. The van der Waals surface area contributed by atoms with Crippen LogP contribution in [0.3, 0.4) is 0 Å². The van der Waals surface area contributed by atoms with E-state index in [9.17, 15) is 0 Å². The number of benzene rings is 1. The van der Waals surface area contributed by atoms with Gasteiger partial charge < -0.3 is 5.32 Å². The Morgan fingerprint density at radius 1 is 1.18 bits per heavy atom. The second-order valence-corrected chi connectivity index (χ2v) is 5.82. The summed E-state index contributed by atoms with van der Waals surface area (Å²) in [5.41, 5.74) is 2.64. The third-order valence-electron chi connectivity index (χ3n) is 2.54. The molecule has 0 spiro atoms. The largest absolute Gasteiger partial charge is 0.311 e. The Balaban J connectivity index is 1.92. The van der Waals surface area contributed by atoms with Crippen LogP contribution in [0.2, 0.25) is 0 Å². The molecule has 0 fully saturated rings. The molecule has 0 saturated carbocycles. The fraction of sp³-hybridized carbons (Fsp3) is 0.286. The van der Waals surface area contributed by atoms with Crippen molar-refractivity contribution < 1.29 is 0 Å². The van der Waals surface area contributed by atoms with Gasteiger partial charge in [0, 0.05) is 23.7 Å². The van der Waals surface area contributed by atoms with Crippen molar-refractivity contribution in [2.24, 2.45) is 0 Å². The number of thiophene rings is 1. The van der Waals surface area contributed by atoms with E-state index in [4.69, 9.17) is 0 Å². The normalized spacial score (nSPS) is 10.6. The van der Waals surface area contributed by atoms with E-state index >= 15 is 0 Å². The highest BCUT2D eigenvalue weighted by atomic mass is 32.2. The summed E-state index contributed by atoms with van der Waals surface area (Å²) in [4.78, 5) is 1.41. The molecule has 0 aliphatic rings. The molecule has 0 saturated heterocycles. The van der Waals surface area contributed by atoms with Crippen molar-refractivity contribution in [3.63, 3.8) is 0 Å². The van der Waals surface area contributed by atoms with Gasteiger partial charge in [-0.15, -0.1) is 11.3 Å². The van der Waals surface area contributed by atoms with Gasteiger partial charge in [-0.1, -0.05) is 30.3 Å². The summed E-state index contributed by atoms with van der Waals surface area (Å²) in [5, 5.41) is 5.69. The van der Waals surface area contributed by atoms with Crippen LogP contribution in [0.15, 0.2) is 41.8 Å². The Labute approximate surface area is 111 Å². The first-order chi connectivity index (χ1) is 8.40. The second-order valence-electron chi connectivity index (χ2n) is 3.84. The molecule has 0 radical (unpaired) electrons. The van der Waals surface area contributed by atoms with Crippen molar-refractivity contribution in [3.05, 3.63) is 46.7 Å². The van der Waals surface area contributed by atoms with Gasteiger partial charge in [0.05, 0.1) is 0 Å². The molecule has 0 aliphatic carbocycles. The first-order valence-electron chi connectivity index (χ1n) is 5.72. The summed E-state index contributed by atoms with van der Waals surface area (Å²) in [6, 6.07) is 12.8. The summed E-state index contributed by atoms with van der Waals surface area (Å²) in [6.45, 7) is 2.07. The maximum atomic E-state index is 3.46. The van der Waals surface area contributed by atoms with Crippen molar-refractivity contribution in [1.82, 2.24) is 5.32 Å². The van der Waals surface area contributed by atoms with Gasteiger partial charge in [0.2, 0.25) is 0 Å². The summed E-state index contributed by atoms with van der Waals surface area (Å²) >= 11 is 3.71. The lowest BCUT2D eigenvalue weighted by Gasteiger charge is -2.00. The van der Waals surface area contributed by atoms with Gasteiger partial charge >= 0.3 is 0 Å². The van der Waals surface area contributed by atoms with Gasteiger partial charge in [-0.25, -0.2) is 0 Å². The third-order valence-corrected chi connectivity index (χ3v) is 4.09. The topological polar surface area (TPSA) is 12.0 Å². The Hall–Kier alpha value is -0.770. The van der Waals surface area contributed by atoms with Gasteiger partial charge in [-0.2, -0.15) is 11.8 Å². The van der Waals surface area contributed by atoms with Gasteiger partial charge in [-0.3, -0.25) is 0 Å². The Kier molecular flexibility index (Phi) is 5.10. The van der Waals surface area contributed by atoms with Gasteiger partial charge in [0.25, 0.3) is 0 Å². The summed E-state index contributed by atoms with van der Waals surface area (Å²) in [5.74, 6) is 1.18. The fourth-order valence-corrected chi connectivity index (χ4v) is 2.85. The van der Waals surface area contributed by atoms with Crippen LogP contribution in [0.5, 0.6) is 0 Å². The lowest BCUT2D eigenvalue weighted by molar-refractivity contribution is 0.741. The van der Waals surface area contributed by atoms with Crippen LogP contribution >= 0.6 is 23.1 Å². The molecule has 0 unspecified atom stereocenters. The number of rotatable bonds is 6. The predicted molar refractivity (Wildman–Crippen MR) is 79.8 cm³/mol. The summed E-state index contributed by atoms with van der Waals surface area (Å²) < 4.78 is 0. The van der Waals surface area contributed by atoms with Crippen LogP contribution in [0, 0.1) is 0 Å². The zero-order valence-corrected chi connectivity index (χ0v) is 11.6. The van der Waals surface area contributed by atoms with Gasteiger partial charge in [0.15, 0.2) is 0 Å². The second kappa shape index (κ2) is 6.84. The molecule has 1 heterocycles. The molecule has 17 heavy (non-hydrogen) atoms. The minimum Gasteiger partial charge on any atom is -0.311 e. The average molecular weight is 263 g/mol. The van der Waals surface area contributed by atoms with E-state index in [2.05, 4.69) is 53.4 Å². The summed E-state index contributed by atoms with van der Waals surface area (Å²) in [6.07, 6.45) is 2.14. The molecule has 2 aromatic rings. The quantitative estimate of drug-likeness (QED) is 0.794. The molecule has 2 rings (SSSR count). The van der Waals surface area contributed by atoms with E-state index in [1.54, 1.807) is 0 Å². The van der Waals surface area contributed by atoms with E-state index in [0.29, 0.717) is 0 Å². The molecule has 90 valence electrons. The summed E-state index contributed by atoms with van der Waals surface area (Å²) in [7, 11) is 0. The highest BCUT2D eigenvalue weighted by molar-refractivity contribution is 7.98. The van der Waals surface area contributed by atoms with Gasteiger partial charge in [0.1, 0.15) is 0 Å². The average Bonchev–Trinajstić information content (AvgIpc) is 2.85. The van der Waals surface area contributed by atoms with E-state index in [0.717, 1.165) is 13.1 Å². The fourth-order valence-electron chi connectivity index (χ4n) is 1.64. The molecule has 1 aromatic heterocycles. The van der Waals surface area contributed by atoms with E-state index in [1.165, 1.54) is 21.8 Å². The molecule has 1 N–H and O–H groups in total. The maximum Gasteiger partial charge on any atom is 0.0300 e. The molecular formula is C14H17NS2. The molecule has 0 atom stereocenters. The molecule has 0 bridgehead atoms. The molecule has 0 amide bonds. The number of hydrogen-bond acceptors (Lipinski definition) is 3. The Morgan fingerprint density at radius 3 is 2.76 bits per heavy atom. The standard InChI is InChI=1S/C14H17NS2/c1-16-8-7-15-10-14-9-13(11-17-14)12-5-3-2-4-6-12/h2-6,9,11,15H,7-8,10H2,1H3. The first kappa shape index (κ1) is 12.7. The van der Waals surface area contributed by atoms with Crippen LogP contribution in [-0.4, -0.2) is 18.6 Å². The molecule has 1 aromatic carbocycles. The molecule has 0 aliphatic heterocycles. The zero-order chi connectivity index (χ0) is 11.9. The lowest BCUT2D eigenvalue weighted by Crippen LogP contribution is -2.15. The number of hydrogen-bond donors (Lipinski definition) is 1. The SMILES string of the molecule is CSCCNCc1cc(-c2ccccc2)cs1. The van der Waals surface area contributed by atoms with Crippen LogP contribution in [0.4, 0.5) is 0 Å². The van der Waals surface area contributed by atoms with Crippen molar-refractivity contribution in [3.8, 4) is 11.1 Å². The van der Waals surface area contributed by atoms with Crippen molar-refractivity contribution in [2.45, 2.75) is 6.54 Å². The zero-order valence-electron chi connectivity index (χ0n) is 9.98. The van der Waals surface area contributed by atoms with E-state index in [-0.39, 0.29) is 0 Å². The van der Waals surface area contributed by atoms with Crippen LogP contribution in [0.1, 0.15) is 4.88 Å². The first-order valence-corrected chi connectivity index (χ1v) is 8.00. The minimum absolute atomic E-state index is 0.984. The molecule has 1 nitrogen and oxygen atoms in total. The monoisotopic (exact) mass is 263 g/mol. The van der Waals surface area contributed by atoms with Crippen LogP contribution in [0.25, 0.3) is 11.1 Å². The van der Waals surface area contributed by atoms with Crippen LogP contribution < -0.4 is 5.32 Å². The number of nitrogens with one attached hydrogen (secondary N) is 1. The smallest absolute Gasteiger partial charge is 0.0300 e. The number of thioether (sulfide) groups is 1. The highest BCUT2D eigenvalue weighted by Crippen LogP contribution is 2.25. The molecule has 3 heteroatoms. The predicted octanol–water partition coefficient (Wildman–Crippen LogP) is 3.87. The Morgan fingerprint density at radius 2 is 2.00 bits per heavy atom. The molecular weight excluding hydrogens is 246 g/mol. The lowest BCUT2D eigenvalue weighted by atomic mass is 10.1. The minimum atomic E-state index is 0.984. The van der Waals surface area contributed by atoms with Crippen molar-refractivity contribution in [2.75, 3.05) is 18.6 Å². The van der Waals surface area contributed by atoms with Crippen molar-refractivity contribution >= 4 is 23.1 Å². The maximum absolute atomic E-state index is 3.46. The van der Waals surface area contributed by atoms with Gasteiger partial charge in [-0.05, 0) is 28.8 Å². The van der Waals surface area contributed by atoms with Crippen LogP contribution in [-0.2, 0) is 6.54 Å².